The van der Waals surface area contributed by atoms with Crippen LogP contribution in [-0.2, 0) is 0 Å². The molecule has 2 unspecified atom stereocenters. The lowest BCUT2D eigenvalue weighted by molar-refractivity contribution is 0.646. The van der Waals surface area contributed by atoms with Gasteiger partial charge in [0.05, 0.1) is 0 Å². The number of anilines is 1. The van der Waals surface area contributed by atoms with Crippen LogP contribution in [0.5, 0.6) is 0 Å². The van der Waals surface area contributed by atoms with Crippen LogP contribution in [0.4, 0.5) is 5.69 Å². The Morgan fingerprint density at radius 2 is 2.13 bits per heavy atom. The largest absolute Gasteiger partial charge is 0.384 e. The fourth-order valence-corrected chi connectivity index (χ4v) is 2.33. The van der Waals surface area contributed by atoms with Crippen molar-refractivity contribution in [1.82, 2.24) is 0 Å². The topological polar surface area (TPSA) is 12.0 Å². The van der Waals surface area contributed by atoms with Crippen molar-refractivity contribution in [1.29, 1.82) is 0 Å². The molecule has 0 bridgehead atoms. The number of hydrogen-bond acceptors (Lipinski definition) is 1. The highest BCUT2D eigenvalue weighted by atomic mass is 14.9. The van der Waals surface area contributed by atoms with Crippen molar-refractivity contribution in [2.75, 3.05) is 11.9 Å². The first-order valence-corrected chi connectivity index (χ1v) is 5.54. The van der Waals surface area contributed by atoms with Crippen molar-refractivity contribution in [3.8, 4) is 0 Å². The minimum atomic E-state index is 0. The predicted octanol–water partition coefficient (Wildman–Crippen LogP) is 3.48. The van der Waals surface area contributed by atoms with Crippen LogP contribution in [0, 0.1) is 11.3 Å². The number of allylic oxidation sites excluding steroid dienone is 3. The highest BCUT2D eigenvalue weighted by molar-refractivity contribution is 5.44. The SMILES string of the molecule is C1=CC2CC2(CNc2ccccc2)C=C1.[HH]. The molecule has 78 valence electrons. The molecule has 2 aliphatic rings. The Morgan fingerprint density at radius 3 is 2.93 bits per heavy atom. The Morgan fingerprint density at radius 1 is 1.27 bits per heavy atom. The lowest BCUT2D eigenvalue weighted by Gasteiger charge is -2.15. The predicted molar refractivity (Wildman–Crippen MR) is 65.9 cm³/mol. The van der Waals surface area contributed by atoms with Gasteiger partial charge in [-0.2, -0.15) is 0 Å². The maximum atomic E-state index is 3.51. The molecule has 1 aromatic rings. The molecule has 1 heteroatoms. The molecule has 2 aliphatic carbocycles. The van der Waals surface area contributed by atoms with Gasteiger partial charge in [0.25, 0.3) is 0 Å². The van der Waals surface area contributed by atoms with Gasteiger partial charge in [0.1, 0.15) is 0 Å². The van der Waals surface area contributed by atoms with Gasteiger partial charge in [-0.3, -0.25) is 0 Å². The van der Waals surface area contributed by atoms with E-state index in [-0.39, 0.29) is 1.43 Å². The zero-order valence-electron chi connectivity index (χ0n) is 8.69. The van der Waals surface area contributed by atoms with E-state index in [4.69, 9.17) is 0 Å². The maximum Gasteiger partial charge on any atom is 0.0340 e. The molecule has 0 heterocycles. The summed E-state index contributed by atoms with van der Waals surface area (Å²) in [5.74, 6) is 0.777. The van der Waals surface area contributed by atoms with Gasteiger partial charge in [0.2, 0.25) is 0 Å². The first kappa shape index (κ1) is 8.78. The van der Waals surface area contributed by atoms with E-state index in [2.05, 4.69) is 53.9 Å². The van der Waals surface area contributed by atoms with Crippen LogP contribution in [0.3, 0.4) is 0 Å². The molecule has 3 rings (SSSR count). The third-order valence-corrected chi connectivity index (χ3v) is 3.46. The Bertz CT molecular complexity index is 410. The molecular weight excluding hydrogens is 182 g/mol. The fraction of sp³-hybridized carbons (Fsp3) is 0.286. The van der Waals surface area contributed by atoms with Gasteiger partial charge in [-0.15, -0.1) is 0 Å². The molecule has 2 atom stereocenters. The van der Waals surface area contributed by atoms with E-state index in [0.717, 1.165) is 12.5 Å². The Labute approximate surface area is 92.0 Å². The highest BCUT2D eigenvalue weighted by Gasteiger charge is 2.50. The number of nitrogens with one attached hydrogen (secondary N) is 1. The summed E-state index contributed by atoms with van der Waals surface area (Å²) in [5, 5.41) is 3.51. The normalized spacial score (nSPS) is 31.1. The maximum absolute atomic E-state index is 3.51. The van der Waals surface area contributed by atoms with Gasteiger partial charge in [-0.05, 0) is 24.5 Å². The van der Waals surface area contributed by atoms with Crippen molar-refractivity contribution < 1.29 is 1.43 Å². The van der Waals surface area contributed by atoms with Crippen molar-refractivity contribution in [2.24, 2.45) is 11.3 Å². The summed E-state index contributed by atoms with van der Waals surface area (Å²) in [6, 6.07) is 10.4. The number of para-hydroxylation sites is 1. The summed E-state index contributed by atoms with van der Waals surface area (Å²) >= 11 is 0. The quantitative estimate of drug-likeness (QED) is 0.786. The van der Waals surface area contributed by atoms with Gasteiger partial charge < -0.3 is 5.32 Å². The monoisotopic (exact) mass is 199 g/mol. The third-order valence-electron chi connectivity index (χ3n) is 3.46. The summed E-state index contributed by atoms with van der Waals surface area (Å²) < 4.78 is 0. The smallest absolute Gasteiger partial charge is 0.0340 e. The number of hydrogen-bond donors (Lipinski definition) is 1. The minimum absolute atomic E-state index is 0. The van der Waals surface area contributed by atoms with Crippen molar-refractivity contribution in [3.63, 3.8) is 0 Å². The summed E-state index contributed by atoms with van der Waals surface area (Å²) in [7, 11) is 0. The van der Waals surface area contributed by atoms with Gasteiger partial charge in [-0.1, -0.05) is 42.5 Å². The third kappa shape index (κ3) is 1.58. The molecule has 0 radical (unpaired) electrons. The average molecular weight is 199 g/mol. The van der Waals surface area contributed by atoms with Crippen LogP contribution >= 0.6 is 0 Å². The van der Waals surface area contributed by atoms with Crippen LogP contribution < -0.4 is 5.32 Å². The second-order valence-corrected chi connectivity index (χ2v) is 4.51. The molecular formula is C14H17N. The van der Waals surface area contributed by atoms with E-state index in [1.54, 1.807) is 0 Å². The molecule has 1 nitrogen and oxygen atoms in total. The molecule has 0 spiro atoms. The standard InChI is InChI=1S/C14H15N.H2/c1-2-7-13(8-3-1)15-11-14-9-5-4-6-12(14)10-14;/h1-9,12,15H,10-11H2;1H. The zero-order valence-corrected chi connectivity index (χ0v) is 8.69. The minimum Gasteiger partial charge on any atom is -0.384 e. The molecule has 1 saturated carbocycles. The zero-order chi connectivity index (χ0) is 10.1. The summed E-state index contributed by atoms with van der Waals surface area (Å²) in [6.07, 6.45) is 10.3. The van der Waals surface area contributed by atoms with Gasteiger partial charge in [0, 0.05) is 19.1 Å². The van der Waals surface area contributed by atoms with Crippen LogP contribution in [-0.4, -0.2) is 6.54 Å². The molecule has 0 aliphatic heterocycles. The second kappa shape index (κ2) is 3.27. The van der Waals surface area contributed by atoms with Crippen LogP contribution in [0.2, 0.25) is 0 Å². The molecule has 1 aromatic carbocycles. The Hall–Kier alpha value is -1.50. The van der Waals surface area contributed by atoms with Crippen LogP contribution in [0.1, 0.15) is 7.85 Å². The van der Waals surface area contributed by atoms with Gasteiger partial charge in [-0.25, -0.2) is 0 Å². The molecule has 0 amide bonds. The fourth-order valence-electron chi connectivity index (χ4n) is 2.33. The first-order valence-electron chi connectivity index (χ1n) is 5.54. The van der Waals surface area contributed by atoms with E-state index >= 15 is 0 Å². The van der Waals surface area contributed by atoms with Crippen LogP contribution in [0.15, 0.2) is 54.6 Å². The van der Waals surface area contributed by atoms with E-state index in [1.807, 2.05) is 6.07 Å². The molecule has 0 saturated heterocycles. The first-order chi connectivity index (χ1) is 7.39. The Kier molecular flexibility index (Phi) is 1.91. The molecule has 0 aromatic heterocycles. The van der Waals surface area contributed by atoms with E-state index < -0.39 is 0 Å². The van der Waals surface area contributed by atoms with E-state index in [9.17, 15) is 0 Å². The average Bonchev–Trinajstić information content (AvgIpc) is 3.03. The lowest BCUT2D eigenvalue weighted by atomic mass is 9.99. The number of fused-ring (bicyclic) bond motifs is 1. The van der Waals surface area contributed by atoms with Gasteiger partial charge >= 0.3 is 0 Å². The number of rotatable bonds is 3. The van der Waals surface area contributed by atoms with Crippen molar-refractivity contribution in [3.05, 3.63) is 54.6 Å². The number of benzene rings is 1. The summed E-state index contributed by atoms with van der Waals surface area (Å²) in [6.45, 7) is 1.06. The molecule has 1 fully saturated rings. The van der Waals surface area contributed by atoms with Crippen molar-refractivity contribution in [2.45, 2.75) is 6.42 Å². The van der Waals surface area contributed by atoms with E-state index in [0.29, 0.717) is 5.41 Å². The van der Waals surface area contributed by atoms with Gasteiger partial charge in [0.15, 0.2) is 0 Å². The highest BCUT2D eigenvalue weighted by Crippen LogP contribution is 2.56. The van der Waals surface area contributed by atoms with Crippen molar-refractivity contribution >= 4 is 5.69 Å². The Balaban J connectivity index is 0.000000963. The van der Waals surface area contributed by atoms with E-state index in [1.165, 1.54) is 12.1 Å². The summed E-state index contributed by atoms with van der Waals surface area (Å²) in [4.78, 5) is 0. The molecule has 1 N–H and O–H groups in total. The van der Waals surface area contributed by atoms with Crippen LogP contribution in [0.25, 0.3) is 0 Å². The lowest BCUT2D eigenvalue weighted by Crippen LogP contribution is -2.15. The summed E-state index contributed by atoms with van der Waals surface area (Å²) in [5.41, 5.74) is 1.64. The second-order valence-electron chi connectivity index (χ2n) is 4.51. The molecule has 15 heavy (non-hydrogen) atoms.